The third-order valence-electron chi connectivity index (χ3n) is 4.61. The number of aryl methyl sites for hydroxylation is 1. The Labute approximate surface area is 146 Å². The molecule has 2 aromatic heterocycles. The molecule has 0 radical (unpaired) electrons. The van der Waals surface area contributed by atoms with Gasteiger partial charge in [-0.05, 0) is 51.3 Å². The summed E-state index contributed by atoms with van der Waals surface area (Å²) in [5.74, 6) is 2.65. The molecule has 3 aromatic rings. The van der Waals surface area contributed by atoms with Crippen LogP contribution in [0.2, 0.25) is 0 Å². The number of nitrogens with zero attached hydrogens (tertiary/aromatic N) is 4. The van der Waals surface area contributed by atoms with Crippen LogP contribution in [0.15, 0.2) is 35.0 Å². The fourth-order valence-corrected chi connectivity index (χ4v) is 2.65. The predicted octanol–water partition coefficient (Wildman–Crippen LogP) is 4.16. The molecule has 0 amide bonds. The van der Waals surface area contributed by atoms with Crippen LogP contribution in [0.1, 0.15) is 54.4 Å². The number of rotatable bonds is 5. The minimum Gasteiger partial charge on any atom is -0.484 e. The van der Waals surface area contributed by atoms with Gasteiger partial charge in [0.15, 0.2) is 5.82 Å². The van der Waals surface area contributed by atoms with E-state index in [2.05, 4.69) is 20.3 Å². The van der Waals surface area contributed by atoms with Crippen molar-refractivity contribution in [2.45, 2.75) is 45.6 Å². The summed E-state index contributed by atoms with van der Waals surface area (Å²) in [5, 5.41) is 12.1. The molecule has 0 aliphatic heterocycles. The van der Waals surface area contributed by atoms with Crippen molar-refractivity contribution < 1.29 is 9.26 Å². The summed E-state index contributed by atoms with van der Waals surface area (Å²) in [6, 6.07) is 8.03. The van der Waals surface area contributed by atoms with Gasteiger partial charge in [0.2, 0.25) is 0 Å². The Morgan fingerprint density at radius 3 is 2.64 bits per heavy atom. The van der Waals surface area contributed by atoms with Crippen molar-refractivity contribution in [3.63, 3.8) is 0 Å². The van der Waals surface area contributed by atoms with Gasteiger partial charge in [0.05, 0.1) is 11.9 Å². The van der Waals surface area contributed by atoms with Crippen LogP contribution < -0.4 is 4.74 Å². The Morgan fingerprint density at radius 1 is 1.16 bits per heavy atom. The van der Waals surface area contributed by atoms with Crippen molar-refractivity contribution in [1.82, 2.24) is 20.3 Å². The highest BCUT2D eigenvalue weighted by atomic mass is 16.5. The van der Waals surface area contributed by atoms with Gasteiger partial charge in [-0.3, -0.25) is 0 Å². The van der Waals surface area contributed by atoms with E-state index < -0.39 is 0 Å². The summed E-state index contributed by atoms with van der Waals surface area (Å²) in [6.07, 6.45) is 3.89. The van der Waals surface area contributed by atoms with E-state index in [-0.39, 0.29) is 6.10 Å². The van der Waals surface area contributed by atoms with Crippen LogP contribution >= 0.6 is 0 Å². The molecule has 1 saturated carbocycles. The third-order valence-corrected chi connectivity index (χ3v) is 4.61. The van der Waals surface area contributed by atoms with Gasteiger partial charge in [-0.2, -0.15) is 15.2 Å². The number of benzene rings is 1. The summed E-state index contributed by atoms with van der Waals surface area (Å²) >= 11 is 0. The SMILES string of the molecule is Cc1nncc(OC(C)c2ccc(-c3nc(C4CC4)no3)cc2)c1C. The first kappa shape index (κ1) is 15.7. The van der Waals surface area contributed by atoms with Crippen molar-refractivity contribution in [1.29, 1.82) is 0 Å². The van der Waals surface area contributed by atoms with Crippen LogP contribution in [0.25, 0.3) is 11.5 Å². The Balaban J connectivity index is 1.49. The zero-order valence-corrected chi connectivity index (χ0v) is 14.6. The highest BCUT2D eigenvalue weighted by Gasteiger charge is 2.29. The predicted molar refractivity (Wildman–Crippen MR) is 92.3 cm³/mol. The molecule has 1 aromatic carbocycles. The van der Waals surface area contributed by atoms with Gasteiger partial charge in [0.1, 0.15) is 11.9 Å². The number of hydrogen-bond acceptors (Lipinski definition) is 6. The fourth-order valence-electron chi connectivity index (χ4n) is 2.65. The quantitative estimate of drug-likeness (QED) is 0.696. The van der Waals surface area contributed by atoms with Gasteiger partial charge >= 0.3 is 0 Å². The van der Waals surface area contributed by atoms with Crippen LogP contribution in [0.5, 0.6) is 5.75 Å². The molecule has 0 bridgehead atoms. The van der Waals surface area contributed by atoms with Crippen LogP contribution in [0.3, 0.4) is 0 Å². The molecule has 25 heavy (non-hydrogen) atoms. The summed E-state index contributed by atoms with van der Waals surface area (Å²) < 4.78 is 11.4. The number of ether oxygens (including phenoxy) is 1. The van der Waals surface area contributed by atoms with Crippen LogP contribution in [0, 0.1) is 13.8 Å². The van der Waals surface area contributed by atoms with Crippen LogP contribution in [-0.4, -0.2) is 20.3 Å². The first-order chi connectivity index (χ1) is 12.1. The van der Waals surface area contributed by atoms with Gasteiger partial charge in [0, 0.05) is 17.0 Å². The van der Waals surface area contributed by atoms with Gasteiger partial charge in [-0.25, -0.2) is 0 Å². The molecule has 6 nitrogen and oxygen atoms in total. The molecule has 1 aliphatic rings. The molecule has 1 atom stereocenters. The van der Waals surface area contributed by atoms with E-state index in [1.807, 2.05) is 45.0 Å². The van der Waals surface area contributed by atoms with E-state index in [0.29, 0.717) is 11.8 Å². The molecule has 1 fully saturated rings. The topological polar surface area (TPSA) is 73.9 Å². The summed E-state index contributed by atoms with van der Waals surface area (Å²) in [7, 11) is 0. The number of hydrogen-bond donors (Lipinski definition) is 0. The smallest absolute Gasteiger partial charge is 0.257 e. The molecule has 128 valence electrons. The molecular formula is C19H20N4O2. The van der Waals surface area contributed by atoms with E-state index in [0.717, 1.165) is 46.8 Å². The van der Waals surface area contributed by atoms with Crippen LogP contribution in [0.4, 0.5) is 0 Å². The maximum Gasteiger partial charge on any atom is 0.257 e. The molecule has 1 unspecified atom stereocenters. The zero-order chi connectivity index (χ0) is 17.4. The summed E-state index contributed by atoms with van der Waals surface area (Å²) in [4.78, 5) is 4.48. The molecular weight excluding hydrogens is 316 g/mol. The van der Waals surface area contributed by atoms with Gasteiger partial charge in [0.25, 0.3) is 5.89 Å². The molecule has 4 rings (SSSR count). The molecule has 0 saturated heterocycles. The van der Waals surface area contributed by atoms with Gasteiger partial charge < -0.3 is 9.26 Å². The Morgan fingerprint density at radius 2 is 1.92 bits per heavy atom. The van der Waals surface area contributed by atoms with Crippen molar-refractivity contribution in [3.05, 3.63) is 53.1 Å². The van der Waals surface area contributed by atoms with Gasteiger partial charge in [-0.1, -0.05) is 17.3 Å². The second-order valence-electron chi connectivity index (χ2n) is 6.53. The second kappa shape index (κ2) is 6.27. The molecule has 1 aliphatic carbocycles. The highest BCUT2D eigenvalue weighted by molar-refractivity contribution is 5.53. The van der Waals surface area contributed by atoms with E-state index in [9.17, 15) is 0 Å². The van der Waals surface area contributed by atoms with E-state index in [4.69, 9.17) is 9.26 Å². The molecule has 0 spiro atoms. The maximum atomic E-state index is 6.05. The molecule has 0 N–H and O–H groups in total. The third kappa shape index (κ3) is 3.24. The lowest BCUT2D eigenvalue weighted by Crippen LogP contribution is -2.06. The number of aromatic nitrogens is 4. The monoisotopic (exact) mass is 336 g/mol. The fraction of sp³-hybridized carbons (Fsp3) is 0.368. The van der Waals surface area contributed by atoms with Gasteiger partial charge in [-0.15, -0.1) is 0 Å². The Hall–Kier alpha value is -2.76. The zero-order valence-electron chi connectivity index (χ0n) is 14.6. The minimum atomic E-state index is -0.0962. The first-order valence-electron chi connectivity index (χ1n) is 8.51. The Bertz CT molecular complexity index is 885. The maximum absolute atomic E-state index is 6.05. The summed E-state index contributed by atoms with van der Waals surface area (Å²) in [5.41, 5.74) is 3.88. The lowest BCUT2D eigenvalue weighted by molar-refractivity contribution is 0.223. The standard InChI is InChI=1S/C19H20N4O2/c1-11-12(2)22-20-10-17(11)24-13(3)14-4-8-16(9-5-14)19-21-18(23-25-19)15-6-7-15/h4-5,8-10,13,15H,6-7H2,1-3H3. The van der Waals surface area contributed by atoms with Crippen LogP contribution in [-0.2, 0) is 0 Å². The largest absolute Gasteiger partial charge is 0.484 e. The van der Waals surface area contributed by atoms with Crippen molar-refractivity contribution in [2.75, 3.05) is 0 Å². The normalized spacial score (nSPS) is 15.2. The summed E-state index contributed by atoms with van der Waals surface area (Å²) in [6.45, 7) is 5.93. The Kier molecular flexibility index (Phi) is 3.95. The average Bonchev–Trinajstić information content (AvgIpc) is 3.36. The lowest BCUT2D eigenvalue weighted by atomic mass is 10.1. The average molecular weight is 336 g/mol. The molecule has 2 heterocycles. The molecule has 6 heteroatoms. The van der Waals surface area contributed by atoms with E-state index >= 15 is 0 Å². The second-order valence-corrected chi connectivity index (χ2v) is 6.53. The van der Waals surface area contributed by atoms with E-state index in [1.54, 1.807) is 6.20 Å². The highest BCUT2D eigenvalue weighted by Crippen LogP contribution is 2.39. The van der Waals surface area contributed by atoms with Crippen molar-refractivity contribution in [2.24, 2.45) is 0 Å². The van der Waals surface area contributed by atoms with E-state index in [1.165, 1.54) is 0 Å². The van der Waals surface area contributed by atoms with Crippen molar-refractivity contribution in [3.8, 4) is 17.2 Å². The first-order valence-corrected chi connectivity index (χ1v) is 8.51. The minimum absolute atomic E-state index is 0.0962. The van der Waals surface area contributed by atoms with Crippen molar-refractivity contribution >= 4 is 0 Å². The lowest BCUT2D eigenvalue weighted by Gasteiger charge is -2.17.